The number of methoxy groups -OCH3 is 1. The van der Waals surface area contributed by atoms with E-state index in [2.05, 4.69) is 15.5 Å². The van der Waals surface area contributed by atoms with E-state index in [4.69, 9.17) is 4.74 Å². The summed E-state index contributed by atoms with van der Waals surface area (Å²) in [6.45, 7) is 0.464. The fraction of sp³-hybridized carbons (Fsp3) is 0.280. The van der Waals surface area contributed by atoms with Crippen LogP contribution in [-0.4, -0.2) is 46.1 Å². The number of aryl methyl sites for hydroxylation is 3. The zero-order valence-electron chi connectivity index (χ0n) is 20.5. The molecule has 0 amide bonds. The van der Waals surface area contributed by atoms with Crippen molar-refractivity contribution in [2.45, 2.75) is 13.0 Å². The third-order valence-electron chi connectivity index (χ3n) is 5.92. The molecular weight excluding hydrogens is 446 g/mol. The molecule has 0 aliphatic rings. The second kappa shape index (κ2) is 9.88. The maximum Gasteiger partial charge on any atom is 0.332 e. The molecule has 0 fully saturated rings. The highest BCUT2D eigenvalue weighted by Gasteiger charge is 2.19. The maximum atomic E-state index is 13.0. The Bertz CT molecular complexity index is 1480. The van der Waals surface area contributed by atoms with Crippen molar-refractivity contribution in [3.8, 4) is 5.75 Å². The molecule has 0 radical (unpaired) electrons. The Morgan fingerprint density at radius 3 is 2.34 bits per heavy atom. The van der Waals surface area contributed by atoms with Crippen molar-refractivity contribution in [2.24, 2.45) is 19.2 Å². The van der Waals surface area contributed by atoms with Crippen LogP contribution >= 0.6 is 0 Å². The predicted octanol–water partition coefficient (Wildman–Crippen LogP) is 2.20. The summed E-state index contributed by atoms with van der Waals surface area (Å²) in [6.07, 6.45) is 2.33. The molecule has 0 saturated heterocycles. The van der Waals surface area contributed by atoms with Gasteiger partial charge in [0, 0.05) is 40.4 Å². The van der Waals surface area contributed by atoms with E-state index in [1.54, 1.807) is 24.9 Å². The number of nitrogens with zero attached hydrogens (tertiary/aromatic N) is 6. The highest BCUT2D eigenvalue weighted by Crippen LogP contribution is 2.18. The summed E-state index contributed by atoms with van der Waals surface area (Å²) in [7, 11) is 8.66. The van der Waals surface area contributed by atoms with Crippen molar-refractivity contribution in [1.29, 1.82) is 0 Å². The first-order valence-corrected chi connectivity index (χ1v) is 11.2. The molecule has 0 spiro atoms. The van der Waals surface area contributed by atoms with Crippen LogP contribution in [0.25, 0.3) is 11.2 Å². The van der Waals surface area contributed by atoms with Crippen molar-refractivity contribution in [2.75, 3.05) is 31.5 Å². The number of anilines is 2. The van der Waals surface area contributed by atoms with Crippen LogP contribution in [0.1, 0.15) is 11.1 Å². The van der Waals surface area contributed by atoms with E-state index in [0.29, 0.717) is 30.1 Å². The van der Waals surface area contributed by atoms with E-state index < -0.39 is 11.2 Å². The first-order chi connectivity index (χ1) is 16.8. The number of ether oxygens (including phenoxy) is 1. The summed E-state index contributed by atoms with van der Waals surface area (Å²) in [5, 5.41) is 4.34. The standard InChI is InChI=1S/C25H29N7O3/c1-29(2)19-10-6-18(7-11-19)16-26-28-24-27-22-21(23(33)31(4)25(34)30(22)3)32(24)15-14-17-8-12-20(35-5)13-9-17/h6-13,16H,14-15H2,1-5H3,(H,27,28). The third-order valence-corrected chi connectivity index (χ3v) is 5.92. The lowest BCUT2D eigenvalue weighted by Gasteiger charge is -2.11. The summed E-state index contributed by atoms with van der Waals surface area (Å²) < 4.78 is 9.46. The Morgan fingerprint density at radius 1 is 1.03 bits per heavy atom. The molecule has 10 heteroatoms. The van der Waals surface area contributed by atoms with Gasteiger partial charge in [0.1, 0.15) is 5.75 Å². The van der Waals surface area contributed by atoms with Gasteiger partial charge in [0.25, 0.3) is 5.56 Å². The summed E-state index contributed by atoms with van der Waals surface area (Å²) in [6, 6.07) is 15.7. The number of fused-ring (bicyclic) bond motifs is 1. The van der Waals surface area contributed by atoms with E-state index >= 15 is 0 Å². The second-order valence-corrected chi connectivity index (χ2v) is 8.42. The molecule has 0 atom stereocenters. The van der Waals surface area contributed by atoms with Crippen LogP contribution in [0.3, 0.4) is 0 Å². The predicted molar refractivity (Wildman–Crippen MR) is 139 cm³/mol. The SMILES string of the molecule is COc1ccc(CCn2c(NN=Cc3ccc(N(C)C)cc3)nc3c2c(=O)n(C)c(=O)n3C)cc1. The minimum absolute atomic E-state index is 0.306. The highest BCUT2D eigenvalue weighted by atomic mass is 16.5. The van der Waals surface area contributed by atoms with Crippen LogP contribution in [0.4, 0.5) is 11.6 Å². The second-order valence-electron chi connectivity index (χ2n) is 8.42. The number of hydrazone groups is 1. The van der Waals surface area contributed by atoms with Gasteiger partial charge in [0.15, 0.2) is 11.2 Å². The molecule has 0 aliphatic carbocycles. The number of hydrogen-bond acceptors (Lipinski definition) is 7. The summed E-state index contributed by atoms with van der Waals surface area (Å²) in [5.74, 6) is 1.16. The molecule has 1 N–H and O–H groups in total. The lowest BCUT2D eigenvalue weighted by atomic mass is 10.1. The third kappa shape index (κ3) is 4.81. The molecule has 0 bridgehead atoms. The Labute approximate surface area is 202 Å². The number of rotatable bonds is 8. The minimum Gasteiger partial charge on any atom is -0.497 e. The van der Waals surface area contributed by atoms with Crippen LogP contribution in [0.2, 0.25) is 0 Å². The van der Waals surface area contributed by atoms with E-state index in [-0.39, 0.29) is 0 Å². The van der Waals surface area contributed by atoms with Crippen LogP contribution in [0.15, 0.2) is 63.2 Å². The monoisotopic (exact) mass is 475 g/mol. The highest BCUT2D eigenvalue weighted by molar-refractivity contribution is 5.81. The number of aromatic nitrogens is 4. The van der Waals surface area contributed by atoms with Gasteiger partial charge in [-0.1, -0.05) is 24.3 Å². The molecule has 2 aromatic carbocycles. The molecule has 35 heavy (non-hydrogen) atoms. The van der Waals surface area contributed by atoms with Crippen LogP contribution in [0, 0.1) is 0 Å². The molecule has 0 unspecified atom stereocenters. The fourth-order valence-corrected chi connectivity index (χ4v) is 3.81. The summed E-state index contributed by atoms with van der Waals surface area (Å²) >= 11 is 0. The van der Waals surface area contributed by atoms with E-state index in [9.17, 15) is 9.59 Å². The van der Waals surface area contributed by atoms with Crippen molar-refractivity contribution < 1.29 is 4.74 Å². The lowest BCUT2D eigenvalue weighted by molar-refractivity contribution is 0.414. The van der Waals surface area contributed by atoms with Gasteiger partial charge in [-0.3, -0.25) is 13.9 Å². The number of benzene rings is 2. The van der Waals surface area contributed by atoms with Gasteiger partial charge in [-0.15, -0.1) is 0 Å². The van der Waals surface area contributed by atoms with Gasteiger partial charge in [-0.05, 0) is 41.8 Å². The van der Waals surface area contributed by atoms with Crippen molar-refractivity contribution >= 4 is 29.0 Å². The summed E-state index contributed by atoms with van der Waals surface area (Å²) in [4.78, 5) is 32.0. The van der Waals surface area contributed by atoms with E-state index in [1.807, 2.05) is 67.5 Å². The molecule has 4 rings (SSSR count). The molecule has 2 aromatic heterocycles. The molecule has 0 saturated carbocycles. The average molecular weight is 476 g/mol. The maximum absolute atomic E-state index is 13.0. The Balaban J connectivity index is 1.68. The normalized spacial score (nSPS) is 11.3. The van der Waals surface area contributed by atoms with E-state index in [0.717, 1.165) is 27.1 Å². The Morgan fingerprint density at radius 2 is 1.71 bits per heavy atom. The fourth-order valence-electron chi connectivity index (χ4n) is 3.81. The van der Waals surface area contributed by atoms with Gasteiger partial charge in [-0.2, -0.15) is 10.1 Å². The zero-order chi connectivity index (χ0) is 25.1. The molecule has 0 aliphatic heterocycles. The van der Waals surface area contributed by atoms with Crippen LogP contribution in [0.5, 0.6) is 5.75 Å². The molecular formula is C25H29N7O3. The minimum atomic E-state index is -0.432. The molecule has 182 valence electrons. The van der Waals surface area contributed by atoms with Crippen molar-refractivity contribution in [3.63, 3.8) is 0 Å². The number of hydrogen-bond donors (Lipinski definition) is 1. The van der Waals surface area contributed by atoms with Gasteiger partial charge in [0.2, 0.25) is 5.95 Å². The van der Waals surface area contributed by atoms with Crippen molar-refractivity contribution in [3.05, 3.63) is 80.5 Å². The molecule has 4 aromatic rings. The Hall–Kier alpha value is -4.34. The van der Waals surface area contributed by atoms with Crippen molar-refractivity contribution in [1.82, 2.24) is 18.7 Å². The van der Waals surface area contributed by atoms with Gasteiger partial charge >= 0.3 is 5.69 Å². The zero-order valence-corrected chi connectivity index (χ0v) is 20.5. The van der Waals surface area contributed by atoms with Gasteiger partial charge < -0.3 is 14.2 Å². The molecule has 10 nitrogen and oxygen atoms in total. The van der Waals surface area contributed by atoms with Gasteiger partial charge in [-0.25, -0.2) is 10.2 Å². The van der Waals surface area contributed by atoms with Crippen LogP contribution < -0.4 is 26.3 Å². The quantitative estimate of drug-likeness (QED) is 0.310. The number of nitrogens with one attached hydrogen (secondary N) is 1. The smallest absolute Gasteiger partial charge is 0.332 e. The van der Waals surface area contributed by atoms with Crippen LogP contribution in [-0.2, 0) is 27.1 Å². The largest absolute Gasteiger partial charge is 0.497 e. The van der Waals surface area contributed by atoms with E-state index in [1.165, 1.54) is 11.6 Å². The van der Waals surface area contributed by atoms with Gasteiger partial charge in [0.05, 0.1) is 13.3 Å². The lowest BCUT2D eigenvalue weighted by Crippen LogP contribution is -2.37. The first-order valence-electron chi connectivity index (χ1n) is 11.2. The average Bonchev–Trinajstić information content (AvgIpc) is 3.24. The molecule has 2 heterocycles. The first kappa shape index (κ1) is 23.8. The topological polar surface area (TPSA) is 98.7 Å². The summed E-state index contributed by atoms with van der Waals surface area (Å²) in [5.41, 5.74) is 5.85. The number of imidazole rings is 1. The Kier molecular flexibility index (Phi) is 6.72.